The van der Waals surface area contributed by atoms with E-state index >= 15 is 0 Å². The van der Waals surface area contributed by atoms with E-state index in [1.165, 1.54) is 35.4 Å². The zero-order valence-corrected chi connectivity index (χ0v) is 22.4. The molecule has 5 rings (SSSR count). The van der Waals surface area contributed by atoms with Crippen molar-refractivity contribution in [2.75, 3.05) is 36.8 Å². The number of rotatable bonds is 6. The van der Waals surface area contributed by atoms with Crippen LogP contribution in [0.3, 0.4) is 0 Å². The average Bonchev–Trinajstić information content (AvgIpc) is 3.47. The number of halogens is 2. The van der Waals surface area contributed by atoms with Gasteiger partial charge in [-0.25, -0.2) is 18.4 Å². The van der Waals surface area contributed by atoms with Gasteiger partial charge in [-0.3, -0.25) is 9.78 Å². The van der Waals surface area contributed by atoms with Crippen LogP contribution in [0, 0.1) is 18.6 Å². The second-order valence-corrected chi connectivity index (χ2v) is 9.55. The van der Waals surface area contributed by atoms with Gasteiger partial charge in [0.1, 0.15) is 23.1 Å². The number of H-pyrrole nitrogens is 1. The SMILES string of the molecule is Cc1ccc(F)c(NC(=O)Nc2ccc(Oc3ccnc(-c4cc(C(=O)N5CCN(C(=O)O)CC5)c[nH]4)c3)cc2F)c1. The number of piperazine rings is 1. The number of pyridine rings is 1. The van der Waals surface area contributed by atoms with Gasteiger partial charge in [-0.15, -0.1) is 0 Å². The number of carboxylic acid groups (broad SMARTS) is 1. The van der Waals surface area contributed by atoms with Crippen LogP contribution in [0.25, 0.3) is 11.4 Å². The minimum absolute atomic E-state index is 0.0292. The van der Waals surface area contributed by atoms with E-state index in [0.29, 0.717) is 35.8 Å². The molecule has 216 valence electrons. The van der Waals surface area contributed by atoms with Gasteiger partial charge in [0, 0.05) is 50.7 Å². The van der Waals surface area contributed by atoms with Crippen molar-refractivity contribution in [2.45, 2.75) is 6.92 Å². The summed E-state index contributed by atoms with van der Waals surface area (Å²) >= 11 is 0. The van der Waals surface area contributed by atoms with Gasteiger partial charge in [-0.05, 0) is 48.9 Å². The van der Waals surface area contributed by atoms with Gasteiger partial charge in [0.15, 0.2) is 0 Å². The number of aromatic nitrogens is 2. The number of amides is 4. The standard InChI is InChI=1S/C29H26F2N6O5/c1-17-2-4-21(30)24(12-17)35-28(39)34-23-5-3-19(14-22(23)31)42-20-6-7-32-26(15-20)25-13-18(16-33-25)27(38)36-8-10-37(11-9-36)29(40)41/h2-7,12-16,33H,8-11H2,1H3,(H,40,41)(H2,34,35,39). The Morgan fingerprint density at radius 2 is 1.60 bits per heavy atom. The number of hydrogen-bond donors (Lipinski definition) is 4. The van der Waals surface area contributed by atoms with Crippen LogP contribution >= 0.6 is 0 Å². The van der Waals surface area contributed by atoms with Crippen LogP contribution in [0.1, 0.15) is 15.9 Å². The van der Waals surface area contributed by atoms with Crippen molar-refractivity contribution in [2.24, 2.45) is 0 Å². The van der Waals surface area contributed by atoms with Crippen LogP contribution < -0.4 is 15.4 Å². The highest BCUT2D eigenvalue weighted by molar-refractivity contribution is 6.00. The maximum absolute atomic E-state index is 14.8. The largest absolute Gasteiger partial charge is 0.465 e. The van der Waals surface area contributed by atoms with Crippen molar-refractivity contribution < 1.29 is 33.0 Å². The van der Waals surface area contributed by atoms with E-state index in [-0.39, 0.29) is 36.1 Å². The van der Waals surface area contributed by atoms with Gasteiger partial charge in [-0.1, -0.05) is 6.07 Å². The summed E-state index contributed by atoms with van der Waals surface area (Å²) in [6, 6.07) is 12.1. The Kier molecular flexibility index (Phi) is 8.00. The summed E-state index contributed by atoms with van der Waals surface area (Å²) in [5.74, 6) is -1.10. The monoisotopic (exact) mass is 576 g/mol. The summed E-state index contributed by atoms with van der Waals surface area (Å²) in [5, 5.41) is 13.8. The number of aromatic amines is 1. The van der Waals surface area contributed by atoms with E-state index in [4.69, 9.17) is 9.84 Å². The molecule has 11 nitrogen and oxygen atoms in total. The lowest BCUT2D eigenvalue weighted by Gasteiger charge is -2.32. The highest BCUT2D eigenvalue weighted by atomic mass is 19.1. The molecule has 0 spiro atoms. The number of urea groups is 1. The molecule has 0 aliphatic carbocycles. The maximum atomic E-state index is 14.8. The van der Waals surface area contributed by atoms with Gasteiger partial charge in [0.05, 0.1) is 28.3 Å². The topological polar surface area (TPSA) is 140 Å². The van der Waals surface area contributed by atoms with Gasteiger partial charge in [0.2, 0.25) is 0 Å². The zero-order valence-electron chi connectivity index (χ0n) is 22.4. The molecule has 2 aromatic carbocycles. The third kappa shape index (κ3) is 6.46. The average molecular weight is 577 g/mol. The van der Waals surface area contributed by atoms with E-state index in [0.717, 1.165) is 11.6 Å². The van der Waals surface area contributed by atoms with Crippen molar-refractivity contribution in [1.82, 2.24) is 19.8 Å². The van der Waals surface area contributed by atoms with Crippen molar-refractivity contribution in [3.8, 4) is 22.9 Å². The molecule has 0 unspecified atom stereocenters. The minimum Gasteiger partial charge on any atom is -0.465 e. The molecular formula is C29H26F2N6O5. The van der Waals surface area contributed by atoms with Crippen molar-refractivity contribution in [1.29, 1.82) is 0 Å². The van der Waals surface area contributed by atoms with Crippen LogP contribution in [0.4, 0.5) is 29.7 Å². The second-order valence-electron chi connectivity index (χ2n) is 9.55. The fraction of sp³-hybridized carbons (Fsp3) is 0.172. The number of nitrogens with one attached hydrogen (secondary N) is 3. The Labute approximate surface area is 238 Å². The number of carbonyl (C=O) groups is 3. The first-order chi connectivity index (χ1) is 20.2. The Bertz CT molecular complexity index is 1650. The maximum Gasteiger partial charge on any atom is 0.407 e. The molecule has 42 heavy (non-hydrogen) atoms. The van der Waals surface area contributed by atoms with E-state index in [1.807, 2.05) is 0 Å². The summed E-state index contributed by atoms with van der Waals surface area (Å²) in [6.45, 7) is 2.84. The third-order valence-electron chi connectivity index (χ3n) is 6.57. The van der Waals surface area contributed by atoms with Crippen LogP contribution in [0.5, 0.6) is 11.5 Å². The van der Waals surface area contributed by atoms with Gasteiger partial charge >= 0.3 is 12.1 Å². The fourth-order valence-electron chi connectivity index (χ4n) is 4.38. The van der Waals surface area contributed by atoms with Crippen LogP contribution in [-0.4, -0.2) is 69.1 Å². The normalized spacial score (nSPS) is 13.0. The molecule has 1 aliphatic rings. The molecular weight excluding hydrogens is 550 g/mol. The number of aryl methyl sites for hydroxylation is 1. The van der Waals surface area contributed by atoms with E-state index < -0.39 is 23.8 Å². The van der Waals surface area contributed by atoms with Crippen molar-refractivity contribution >= 4 is 29.4 Å². The molecule has 4 amide bonds. The summed E-state index contributed by atoms with van der Waals surface area (Å²) in [4.78, 5) is 46.5. The predicted molar refractivity (Wildman–Crippen MR) is 150 cm³/mol. The lowest BCUT2D eigenvalue weighted by Crippen LogP contribution is -2.50. The number of ether oxygens (including phenoxy) is 1. The molecule has 2 aromatic heterocycles. The molecule has 0 radical (unpaired) electrons. The predicted octanol–water partition coefficient (Wildman–Crippen LogP) is 5.54. The smallest absolute Gasteiger partial charge is 0.407 e. The zero-order chi connectivity index (χ0) is 29.8. The number of benzene rings is 2. The molecule has 1 saturated heterocycles. The lowest BCUT2D eigenvalue weighted by atomic mass is 10.2. The fourth-order valence-corrected chi connectivity index (χ4v) is 4.38. The molecule has 0 bridgehead atoms. The second kappa shape index (κ2) is 12.0. The molecule has 3 heterocycles. The third-order valence-corrected chi connectivity index (χ3v) is 6.57. The summed E-state index contributed by atoms with van der Waals surface area (Å²) in [6.07, 6.45) is 2.05. The van der Waals surface area contributed by atoms with Crippen LogP contribution in [0.2, 0.25) is 0 Å². The van der Waals surface area contributed by atoms with Crippen LogP contribution in [-0.2, 0) is 0 Å². The van der Waals surface area contributed by atoms with Gasteiger partial charge < -0.3 is 35.3 Å². The van der Waals surface area contributed by atoms with Gasteiger partial charge in [0.25, 0.3) is 5.91 Å². The summed E-state index contributed by atoms with van der Waals surface area (Å²) in [7, 11) is 0. The molecule has 4 N–H and O–H groups in total. The molecule has 1 fully saturated rings. The first-order valence-corrected chi connectivity index (χ1v) is 12.9. The first-order valence-electron chi connectivity index (χ1n) is 12.9. The highest BCUT2D eigenvalue weighted by Gasteiger charge is 2.25. The first kappa shape index (κ1) is 28.1. The molecule has 1 aliphatic heterocycles. The van der Waals surface area contributed by atoms with E-state index in [9.17, 15) is 23.2 Å². The number of carbonyl (C=O) groups excluding carboxylic acids is 2. The summed E-state index contributed by atoms with van der Waals surface area (Å²) in [5.41, 5.74) is 2.02. The number of anilines is 2. The highest BCUT2D eigenvalue weighted by Crippen LogP contribution is 2.28. The number of hydrogen-bond acceptors (Lipinski definition) is 5. The Morgan fingerprint density at radius 1 is 0.881 bits per heavy atom. The molecule has 0 saturated carbocycles. The lowest BCUT2D eigenvalue weighted by molar-refractivity contribution is 0.0625. The van der Waals surface area contributed by atoms with Gasteiger partial charge in [-0.2, -0.15) is 0 Å². The van der Waals surface area contributed by atoms with E-state index in [2.05, 4.69) is 20.6 Å². The summed E-state index contributed by atoms with van der Waals surface area (Å²) < 4.78 is 34.5. The van der Waals surface area contributed by atoms with Crippen molar-refractivity contribution in [3.63, 3.8) is 0 Å². The quantitative estimate of drug-likeness (QED) is 0.238. The molecule has 0 atom stereocenters. The van der Waals surface area contributed by atoms with E-state index in [1.54, 1.807) is 42.3 Å². The molecule has 4 aromatic rings. The number of nitrogens with zero attached hydrogens (tertiary/aromatic N) is 3. The minimum atomic E-state index is -1.01. The van der Waals surface area contributed by atoms with Crippen molar-refractivity contribution in [3.05, 3.63) is 89.8 Å². The van der Waals surface area contributed by atoms with Crippen LogP contribution in [0.15, 0.2) is 67.0 Å². The Hall–Kier alpha value is -5.46. The Morgan fingerprint density at radius 3 is 2.33 bits per heavy atom. The molecule has 13 heteroatoms. The Balaban J connectivity index is 1.21.